The maximum atomic E-state index is 12.2. The third kappa shape index (κ3) is 4.07. The zero-order valence-corrected chi connectivity index (χ0v) is 13.5. The summed E-state index contributed by atoms with van der Waals surface area (Å²) in [5.41, 5.74) is 1.06. The van der Waals surface area contributed by atoms with Crippen molar-refractivity contribution >= 4 is 21.8 Å². The smallest absolute Gasteiger partial charge is 0.251 e. The Bertz CT molecular complexity index is 452. The van der Waals surface area contributed by atoms with Crippen molar-refractivity contribution in [1.82, 2.24) is 5.32 Å². The molecule has 1 saturated carbocycles. The van der Waals surface area contributed by atoms with Crippen LogP contribution in [0.4, 0.5) is 0 Å². The lowest BCUT2D eigenvalue weighted by Crippen LogP contribution is -2.42. The maximum absolute atomic E-state index is 12.2. The van der Waals surface area contributed by atoms with Gasteiger partial charge in [-0.15, -0.1) is 0 Å². The van der Waals surface area contributed by atoms with E-state index in [1.165, 1.54) is 6.42 Å². The first-order chi connectivity index (χ1) is 8.85. The Morgan fingerprint density at radius 3 is 2.47 bits per heavy atom. The SMILES string of the molecule is C[C@H]1C[C@H](NC(=O)c2ccc(Br)cc2)CC(C)(C)C1. The normalized spacial score (nSPS) is 25.9. The van der Waals surface area contributed by atoms with E-state index in [2.05, 4.69) is 42.0 Å². The fourth-order valence-corrected chi connectivity index (χ4v) is 3.59. The minimum absolute atomic E-state index is 0.0439. The van der Waals surface area contributed by atoms with E-state index in [0.29, 0.717) is 17.4 Å². The molecule has 0 bridgehead atoms. The van der Waals surface area contributed by atoms with Gasteiger partial charge in [-0.1, -0.05) is 36.7 Å². The number of carbonyl (C=O) groups is 1. The van der Waals surface area contributed by atoms with Gasteiger partial charge in [-0.2, -0.15) is 0 Å². The Kier molecular flexibility index (Phi) is 4.34. The number of nitrogens with one attached hydrogen (secondary N) is 1. The molecule has 19 heavy (non-hydrogen) atoms. The molecule has 1 aliphatic carbocycles. The minimum atomic E-state index is 0.0439. The largest absolute Gasteiger partial charge is 0.349 e. The van der Waals surface area contributed by atoms with Crippen LogP contribution in [-0.4, -0.2) is 11.9 Å². The Hall–Kier alpha value is -0.830. The van der Waals surface area contributed by atoms with Crippen LogP contribution in [0.3, 0.4) is 0 Å². The van der Waals surface area contributed by atoms with Crippen molar-refractivity contribution < 1.29 is 4.79 Å². The highest BCUT2D eigenvalue weighted by molar-refractivity contribution is 9.10. The third-order valence-electron chi connectivity index (χ3n) is 3.83. The number of rotatable bonds is 2. The standard InChI is InChI=1S/C16H22BrNO/c1-11-8-14(10-16(2,3)9-11)18-15(19)12-4-6-13(17)7-5-12/h4-7,11,14H,8-10H2,1-3H3,(H,18,19)/t11-,14-/m0/s1. The molecule has 0 radical (unpaired) electrons. The predicted molar refractivity (Wildman–Crippen MR) is 82.2 cm³/mol. The zero-order valence-electron chi connectivity index (χ0n) is 11.9. The van der Waals surface area contributed by atoms with Crippen LogP contribution < -0.4 is 5.32 Å². The molecule has 0 heterocycles. The highest BCUT2D eigenvalue weighted by atomic mass is 79.9. The lowest BCUT2D eigenvalue weighted by atomic mass is 9.70. The fourth-order valence-electron chi connectivity index (χ4n) is 3.33. The number of carbonyl (C=O) groups excluding carboxylic acids is 1. The molecule has 0 spiro atoms. The van der Waals surface area contributed by atoms with Crippen molar-refractivity contribution in [3.63, 3.8) is 0 Å². The molecular weight excluding hydrogens is 302 g/mol. The Labute approximate surface area is 124 Å². The number of hydrogen-bond acceptors (Lipinski definition) is 1. The molecule has 1 aromatic carbocycles. The fraction of sp³-hybridized carbons (Fsp3) is 0.562. The summed E-state index contributed by atoms with van der Waals surface area (Å²) in [6.45, 7) is 6.86. The summed E-state index contributed by atoms with van der Waals surface area (Å²) in [5.74, 6) is 0.723. The van der Waals surface area contributed by atoms with Crippen LogP contribution in [-0.2, 0) is 0 Å². The van der Waals surface area contributed by atoms with Crippen molar-refractivity contribution in [2.75, 3.05) is 0 Å². The van der Waals surface area contributed by atoms with Gasteiger partial charge in [0.05, 0.1) is 0 Å². The van der Waals surface area contributed by atoms with Crippen LogP contribution in [0.25, 0.3) is 0 Å². The second-order valence-corrected chi connectivity index (χ2v) is 7.51. The number of halogens is 1. The highest BCUT2D eigenvalue weighted by Crippen LogP contribution is 2.38. The molecular formula is C16H22BrNO. The summed E-state index contributed by atoms with van der Waals surface area (Å²) < 4.78 is 0.997. The molecule has 0 aliphatic heterocycles. The van der Waals surface area contributed by atoms with Gasteiger partial charge in [-0.05, 0) is 54.9 Å². The Balaban J connectivity index is 2.00. The van der Waals surface area contributed by atoms with Gasteiger partial charge in [0.2, 0.25) is 0 Å². The van der Waals surface area contributed by atoms with Gasteiger partial charge in [0.25, 0.3) is 5.91 Å². The first-order valence-electron chi connectivity index (χ1n) is 6.92. The quantitative estimate of drug-likeness (QED) is 0.859. The molecule has 104 valence electrons. The summed E-state index contributed by atoms with van der Waals surface area (Å²) in [5, 5.41) is 3.19. The molecule has 1 amide bonds. The molecule has 2 atom stereocenters. The topological polar surface area (TPSA) is 29.1 Å². The van der Waals surface area contributed by atoms with Crippen LogP contribution in [0.1, 0.15) is 50.4 Å². The van der Waals surface area contributed by atoms with E-state index in [1.807, 2.05) is 24.3 Å². The highest BCUT2D eigenvalue weighted by Gasteiger charge is 2.32. The molecule has 3 heteroatoms. The molecule has 0 saturated heterocycles. The van der Waals surface area contributed by atoms with E-state index >= 15 is 0 Å². The van der Waals surface area contributed by atoms with E-state index in [9.17, 15) is 4.79 Å². The van der Waals surface area contributed by atoms with Gasteiger partial charge in [0.1, 0.15) is 0 Å². The van der Waals surface area contributed by atoms with E-state index in [1.54, 1.807) is 0 Å². The van der Waals surface area contributed by atoms with E-state index in [4.69, 9.17) is 0 Å². The molecule has 1 N–H and O–H groups in total. The van der Waals surface area contributed by atoms with Crippen LogP contribution in [0.2, 0.25) is 0 Å². The summed E-state index contributed by atoms with van der Waals surface area (Å²) in [4.78, 5) is 12.2. The molecule has 1 fully saturated rings. The number of benzene rings is 1. The van der Waals surface area contributed by atoms with Gasteiger partial charge in [0.15, 0.2) is 0 Å². The van der Waals surface area contributed by atoms with Crippen LogP contribution in [0.15, 0.2) is 28.7 Å². The summed E-state index contributed by atoms with van der Waals surface area (Å²) in [6.07, 6.45) is 3.41. The average molecular weight is 324 g/mol. The van der Waals surface area contributed by atoms with E-state index in [0.717, 1.165) is 22.9 Å². The van der Waals surface area contributed by atoms with Crippen molar-refractivity contribution in [2.24, 2.45) is 11.3 Å². The lowest BCUT2D eigenvalue weighted by Gasteiger charge is -2.39. The molecule has 0 unspecified atom stereocenters. The van der Waals surface area contributed by atoms with Gasteiger partial charge >= 0.3 is 0 Å². The number of hydrogen-bond donors (Lipinski definition) is 1. The first kappa shape index (κ1) is 14.6. The summed E-state index contributed by atoms with van der Waals surface area (Å²) in [7, 11) is 0. The molecule has 1 aromatic rings. The second-order valence-electron chi connectivity index (χ2n) is 6.59. The lowest BCUT2D eigenvalue weighted by molar-refractivity contribution is 0.0874. The second kappa shape index (κ2) is 5.66. The van der Waals surface area contributed by atoms with Crippen molar-refractivity contribution in [2.45, 2.75) is 46.1 Å². The van der Waals surface area contributed by atoms with Crippen LogP contribution in [0.5, 0.6) is 0 Å². The maximum Gasteiger partial charge on any atom is 0.251 e. The predicted octanol–water partition coefficient (Wildman–Crippen LogP) is 4.39. The summed E-state index contributed by atoms with van der Waals surface area (Å²) in [6, 6.07) is 7.83. The summed E-state index contributed by atoms with van der Waals surface area (Å²) >= 11 is 3.38. The van der Waals surface area contributed by atoms with E-state index in [-0.39, 0.29) is 5.91 Å². The minimum Gasteiger partial charge on any atom is -0.349 e. The third-order valence-corrected chi connectivity index (χ3v) is 4.36. The molecule has 2 nitrogen and oxygen atoms in total. The van der Waals surface area contributed by atoms with Crippen molar-refractivity contribution in [3.05, 3.63) is 34.3 Å². The van der Waals surface area contributed by atoms with Gasteiger partial charge in [0, 0.05) is 16.1 Å². The van der Waals surface area contributed by atoms with Gasteiger partial charge < -0.3 is 5.32 Å². The van der Waals surface area contributed by atoms with Gasteiger partial charge in [-0.3, -0.25) is 4.79 Å². The Morgan fingerprint density at radius 1 is 1.26 bits per heavy atom. The zero-order chi connectivity index (χ0) is 14.0. The average Bonchev–Trinajstić information content (AvgIpc) is 2.26. The first-order valence-corrected chi connectivity index (χ1v) is 7.71. The number of amides is 1. The molecule has 1 aliphatic rings. The van der Waals surface area contributed by atoms with Gasteiger partial charge in [-0.25, -0.2) is 0 Å². The van der Waals surface area contributed by atoms with E-state index < -0.39 is 0 Å². The molecule has 2 rings (SSSR count). The van der Waals surface area contributed by atoms with Crippen LogP contribution >= 0.6 is 15.9 Å². The Morgan fingerprint density at radius 2 is 1.89 bits per heavy atom. The van der Waals surface area contributed by atoms with Crippen molar-refractivity contribution in [1.29, 1.82) is 0 Å². The van der Waals surface area contributed by atoms with Crippen LogP contribution in [0, 0.1) is 11.3 Å². The van der Waals surface area contributed by atoms with Crippen molar-refractivity contribution in [3.8, 4) is 0 Å². The monoisotopic (exact) mass is 323 g/mol. The molecule has 0 aromatic heterocycles.